The molecule has 0 fully saturated rings. The lowest BCUT2D eigenvalue weighted by Gasteiger charge is -2.24. The van der Waals surface area contributed by atoms with Gasteiger partial charge in [-0.1, -0.05) is 58.3 Å². The standard InChI is InChI=1S/C27H19Cl3N2O4S/c1-3-35-26(34)23-14(2)31-27-32(24(23)15-4-6-16(28)7-5-15)25(33)22(37-27)13-18-9-11-21(36-18)19-12-17(29)8-10-20(19)30/h4-13,24H,3H2,1-2H3/b22-13+/t24-/m0/s1. The van der Waals surface area contributed by atoms with Crippen LogP contribution in [-0.4, -0.2) is 17.1 Å². The van der Waals surface area contributed by atoms with Crippen LogP contribution < -0.4 is 14.9 Å². The number of nitrogens with zero attached hydrogens (tertiary/aromatic N) is 2. The molecule has 2 aromatic heterocycles. The third kappa shape index (κ3) is 4.92. The lowest BCUT2D eigenvalue weighted by atomic mass is 9.96. The number of esters is 1. The van der Waals surface area contributed by atoms with Gasteiger partial charge in [0.25, 0.3) is 5.56 Å². The summed E-state index contributed by atoms with van der Waals surface area (Å²) in [5, 5.41) is 1.57. The number of rotatable bonds is 5. The normalized spacial score (nSPS) is 15.5. The molecule has 4 aromatic rings. The lowest BCUT2D eigenvalue weighted by molar-refractivity contribution is -0.139. The molecule has 5 rings (SSSR count). The van der Waals surface area contributed by atoms with Crippen molar-refractivity contribution in [2.45, 2.75) is 19.9 Å². The highest BCUT2D eigenvalue weighted by atomic mass is 35.5. The first-order valence-corrected chi connectivity index (χ1v) is 13.2. The molecule has 1 aliphatic heterocycles. The summed E-state index contributed by atoms with van der Waals surface area (Å²) in [4.78, 5) is 31.7. The van der Waals surface area contributed by atoms with E-state index in [-0.39, 0.29) is 12.2 Å². The van der Waals surface area contributed by atoms with Gasteiger partial charge in [-0.15, -0.1) is 0 Å². The highest BCUT2D eigenvalue weighted by molar-refractivity contribution is 7.07. The van der Waals surface area contributed by atoms with Gasteiger partial charge in [0.2, 0.25) is 0 Å². The molecule has 10 heteroatoms. The summed E-state index contributed by atoms with van der Waals surface area (Å²) in [5.41, 5.74) is 1.84. The molecule has 0 saturated carbocycles. The summed E-state index contributed by atoms with van der Waals surface area (Å²) in [6.45, 7) is 3.67. The number of fused-ring (bicyclic) bond motifs is 1. The smallest absolute Gasteiger partial charge is 0.338 e. The zero-order valence-corrected chi connectivity index (χ0v) is 22.7. The van der Waals surface area contributed by atoms with E-state index in [9.17, 15) is 9.59 Å². The molecule has 188 valence electrons. The van der Waals surface area contributed by atoms with Crippen LogP contribution in [0.5, 0.6) is 0 Å². The highest BCUT2D eigenvalue weighted by Crippen LogP contribution is 2.33. The maximum atomic E-state index is 13.7. The monoisotopic (exact) mass is 572 g/mol. The molecule has 1 aliphatic rings. The van der Waals surface area contributed by atoms with E-state index in [4.69, 9.17) is 44.0 Å². The minimum Gasteiger partial charge on any atom is -0.463 e. The van der Waals surface area contributed by atoms with Gasteiger partial charge in [-0.25, -0.2) is 9.79 Å². The van der Waals surface area contributed by atoms with Crippen LogP contribution in [0.1, 0.15) is 31.2 Å². The van der Waals surface area contributed by atoms with Crippen molar-refractivity contribution in [1.29, 1.82) is 0 Å². The van der Waals surface area contributed by atoms with E-state index in [1.54, 1.807) is 74.5 Å². The number of allylic oxidation sites excluding steroid dienone is 1. The number of halogens is 3. The Bertz CT molecular complexity index is 1730. The second-order valence-corrected chi connectivity index (χ2v) is 10.5. The SMILES string of the molecule is CCOC(=O)C1=C(C)N=c2s/c(=C/c3ccc(-c4cc(Cl)ccc4Cl)o3)c(=O)n2[C@H]1c1ccc(Cl)cc1. The Labute approximate surface area is 230 Å². The van der Waals surface area contributed by atoms with Crippen LogP contribution in [-0.2, 0) is 9.53 Å². The zero-order chi connectivity index (χ0) is 26.3. The van der Waals surface area contributed by atoms with Gasteiger partial charge in [0.1, 0.15) is 11.5 Å². The number of aromatic nitrogens is 1. The van der Waals surface area contributed by atoms with Crippen LogP contribution >= 0.6 is 46.1 Å². The highest BCUT2D eigenvalue weighted by Gasteiger charge is 2.33. The van der Waals surface area contributed by atoms with Crippen molar-refractivity contribution >= 4 is 58.2 Å². The average molecular weight is 574 g/mol. The summed E-state index contributed by atoms with van der Waals surface area (Å²) in [6, 6.07) is 14.9. The molecular weight excluding hydrogens is 555 g/mol. The summed E-state index contributed by atoms with van der Waals surface area (Å²) in [5.74, 6) is 0.457. The molecule has 0 bridgehead atoms. The first-order chi connectivity index (χ1) is 17.8. The van der Waals surface area contributed by atoms with Gasteiger partial charge >= 0.3 is 5.97 Å². The van der Waals surface area contributed by atoms with E-state index in [0.29, 0.717) is 58.3 Å². The molecule has 0 radical (unpaired) electrons. The van der Waals surface area contributed by atoms with E-state index in [2.05, 4.69) is 4.99 Å². The van der Waals surface area contributed by atoms with E-state index < -0.39 is 12.0 Å². The van der Waals surface area contributed by atoms with Crippen LogP contribution in [0.3, 0.4) is 0 Å². The van der Waals surface area contributed by atoms with E-state index in [0.717, 1.165) is 0 Å². The number of benzene rings is 2. The predicted octanol–water partition coefficient (Wildman–Crippen LogP) is 6.02. The molecule has 0 spiro atoms. The van der Waals surface area contributed by atoms with Gasteiger partial charge in [0.15, 0.2) is 4.80 Å². The minimum atomic E-state index is -0.716. The first kappa shape index (κ1) is 25.5. The van der Waals surface area contributed by atoms with Crippen molar-refractivity contribution in [2.24, 2.45) is 4.99 Å². The molecule has 37 heavy (non-hydrogen) atoms. The second kappa shape index (κ2) is 10.3. The number of hydrogen-bond donors (Lipinski definition) is 0. The Morgan fingerprint density at radius 3 is 2.57 bits per heavy atom. The maximum absolute atomic E-state index is 13.7. The molecule has 3 heterocycles. The van der Waals surface area contributed by atoms with Crippen molar-refractivity contribution in [3.8, 4) is 11.3 Å². The molecule has 1 atom stereocenters. The van der Waals surface area contributed by atoms with Gasteiger partial charge < -0.3 is 9.15 Å². The number of carbonyl (C=O) groups excluding carboxylic acids is 1. The molecule has 0 saturated heterocycles. The molecule has 0 aliphatic carbocycles. The number of furan rings is 1. The fraction of sp³-hybridized carbons (Fsp3) is 0.148. The van der Waals surface area contributed by atoms with Crippen molar-refractivity contribution in [3.63, 3.8) is 0 Å². The fourth-order valence-corrected chi connectivity index (χ4v) is 5.68. The number of hydrogen-bond acceptors (Lipinski definition) is 6. The first-order valence-electron chi connectivity index (χ1n) is 11.3. The van der Waals surface area contributed by atoms with Crippen molar-refractivity contribution < 1.29 is 13.9 Å². The summed E-state index contributed by atoms with van der Waals surface area (Å²) < 4.78 is 13.2. The van der Waals surface area contributed by atoms with Crippen LogP contribution in [0.15, 0.2) is 80.1 Å². The molecule has 6 nitrogen and oxygen atoms in total. The molecular formula is C27H19Cl3N2O4S. The van der Waals surface area contributed by atoms with Gasteiger partial charge in [-0.2, -0.15) is 0 Å². The quantitative estimate of drug-likeness (QED) is 0.274. The van der Waals surface area contributed by atoms with Crippen LogP contribution in [0, 0.1) is 0 Å². The molecule has 0 amide bonds. The zero-order valence-electron chi connectivity index (χ0n) is 19.6. The van der Waals surface area contributed by atoms with Crippen LogP contribution in [0.4, 0.5) is 0 Å². The Morgan fingerprint density at radius 1 is 1.11 bits per heavy atom. The average Bonchev–Trinajstić information content (AvgIpc) is 3.45. The fourth-order valence-electron chi connectivity index (χ4n) is 4.14. The number of carbonyl (C=O) groups is 1. The van der Waals surface area contributed by atoms with Crippen LogP contribution in [0.2, 0.25) is 15.1 Å². The van der Waals surface area contributed by atoms with E-state index in [1.807, 2.05) is 0 Å². The topological polar surface area (TPSA) is 73.8 Å². The maximum Gasteiger partial charge on any atom is 0.338 e. The van der Waals surface area contributed by atoms with Crippen molar-refractivity contribution in [2.75, 3.05) is 6.61 Å². The van der Waals surface area contributed by atoms with Gasteiger partial charge in [0, 0.05) is 21.7 Å². The number of ether oxygens (including phenoxy) is 1. The Balaban J connectivity index is 1.64. The Morgan fingerprint density at radius 2 is 1.84 bits per heavy atom. The van der Waals surface area contributed by atoms with Gasteiger partial charge in [0.05, 0.1) is 33.5 Å². The Kier molecular flexibility index (Phi) is 7.14. The summed E-state index contributed by atoms with van der Waals surface area (Å²) in [7, 11) is 0. The van der Waals surface area contributed by atoms with Gasteiger partial charge in [-0.05, 0) is 61.9 Å². The minimum absolute atomic E-state index is 0.199. The summed E-state index contributed by atoms with van der Waals surface area (Å²) in [6.07, 6.45) is 1.65. The van der Waals surface area contributed by atoms with E-state index in [1.165, 1.54) is 15.9 Å². The molecule has 0 unspecified atom stereocenters. The summed E-state index contributed by atoms with van der Waals surface area (Å²) >= 11 is 19.7. The third-order valence-electron chi connectivity index (χ3n) is 5.80. The predicted molar refractivity (Wildman–Crippen MR) is 146 cm³/mol. The Hall–Kier alpha value is -3.10. The lowest BCUT2D eigenvalue weighted by Crippen LogP contribution is -2.39. The van der Waals surface area contributed by atoms with E-state index >= 15 is 0 Å². The molecule has 0 N–H and O–H groups in total. The third-order valence-corrected chi connectivity index (χ3v) is 7.60. The van der Waals surface area contributed by atoms with Gasteiger partial charge in [-0.3, -0.25) is 9.36 Å². The second-order valence-electron chi connectivity index (χ2n) is 8.18. The van der Waals surface area contributed by atoms with Crippen LogP contribution in [0.25, 0.3) is 17.4 Å². The largest absolute Gasteiger partial charge is 0.463 e. The van der Waals surface area contributed by atoms with Crippen molar-refractivity contribution in [3.05, 3.63) is 112 Å². The van der Waals surface area contributed by atoms with Crippen molar-refractivity contribution in [1.82, 2.24) is 4.57 Å². The number of thiazole rings is 1. The molecule has 2 aromatic carbocycles.